The Morgan fingerprint density at radius 3 is 2.25 bits per heavy atom. The molecule has 0 aliphatic carbocycles. The Morgan fingerprint density at radius 2 is 1.61 bits per heavy atom. The molecule has 1 aliphatic rings. The number of carbonyl (C=O) groups excluding carboxylic acids is 2. The van der Waals surface area contributed by atoms with Crippen molar-refractivity contribution in [3.8, 4) is 16.9 Å². The van der Waals surface area contributed by atoms with E-state index in [0.29, 0.717) is 22.4 Å². The average molecular weight is 511 g/mol. The normalized spacial score (nSPS) is 17.1. The molecule has 9 heteroatoms. The van der Waals surface area contributed by atoms with E-state index in [2.05, 4.69) is 10.0 Å². The fraction of sp³-hybridized carbons (Fsp3) is 0.259. The summed E-state index contributed by atoms with van der Waals surface area (Å²) in [7, 11) is -2.33. The molecule has 7 nitrogen and oxygen atoms in total. The molecule has 0 aromatic heterocycles. The zero-order chi connectivity index (χ0) is 26.3. The zero-order valence-corrected chi connectivity index (χ0v) is 21.1. The summed E-state index contributed by atoms with van der Waals surface area (Å²) in [5, 5.41) is 2.67. The molecule has 2 unspecified atom stereocenters. The van der Waals surface area contributed by atoms with Gasteiger partial charge in [0.15, 0.2) is 0 Å². The van der Waals surface area contributed by atoms with E-state index in [0.717, 1.165) is 5.56 Å². The van der Waals surface area contributed by atoms with Crippen LogP contribution in [0.2, 0.25) is 0 Å². The van der Waals surface area contributed by atoms with Crippen molar-refractivity contribution in [2.24, 2.45) is 0 Å². The third-order valence-electron chi connectivity index (χ3n) is 6.12. The van der Waals surface area contributed by atoms with Crippen LogP contribution < -0.4 is 14.8 Å². The molecule has 188 valence electrons. The number of sulfonamides is 1. The van der Waals surface area contributed by atoms with Crippen molar-refractivity contribution in [3.63, 3.8) is 0 Å². The van der Waals surface area contributed by atoms with Crippen molar-refractivity contribution >= 4 is 21.8 Å². The van der Waals surface area contributed by atoms with Crippen LogP contribution in [0.5, 0.6) is 5.75 Å². The number of hydrogen-bond donors (Lipinski definition) is 2. The van der Waals surface area contributed by atoms with Crippen molar-refractivity contribution in [2.75, 3.05) is 7.05 Å². The number of rotatable bonds is 5. The lowest BCUT2D eigenvalue weighted by Gasteiger charge is -2.19. The Morgan fingerprint density at radius 1 is 0.944 bits per heavy atom. The number of nitrogens with one attached hydrogen (secondary N) is 2. The van der Waals surface area contributed by atoms with Crippen molar-refractivity contribution in [3.05, 3.63) is 89.2 Å². The van der Waals surface area contributed by atoms with Gasteiger partial charge in [0.1, 0.15) is 23.6 Å². The largest absolute Gasteiger partial charge is 0.484 e. The third-order valence-corrected chi connectivity index (χ3v) is 8.19. The maximum Gasteiger partial charge on any atom is 0.264 e. The highest BCUT2D eigenvalue weighted by Gasteiger charge is 2.40. The van der Waals surface area contributed by atoms with Crippen molar-refractivity contribution in [1.82, 2.24) is 10.0 Å². The fourth-order valence-corrected chi connectivity index (χ4v) is 4.64. The maximum atomic E-state index is 13.5. The number of carbonyl (C=O) groups is 2. The number of ether oxygens (including phenoxy) is 1. The molecule has 1 heterocycles. The van der Waals surface area contributed by atoms with Crippen LogP contribution >= 0.6 is 0 Å². The van der Waals surface area contributed by atoms with Crippen LogP contribution in [0.1, 0.15) is 54.3 Å². The Labute approximate surface area is 209 Å². The van der Waals surface area contributed by atoms with Crippen LogP contribution in [0.25, 0.3) is 11.1 Å². The molecule has 2 amide bonds. The summed E-state index contributed by atoms with van der Waals surface area (Å²) in [6.45, 7) is 4.52. The topological polar surface area (TPSA) is 102 Å². The summed E-state index contributed by atoms with van der Waals surface area (Å²) in [6, 6.07) is 17.8. The summed E-state index contributed by atoms with van der Waals surface area (Å²) in [5.41, 5.74) is 2.90. The Hall–Kier alpha value is -3.72. The van der Waals surface area contributed by atoms with E-state index >= 15 is 0 Å². The van der Waals surface area contributed by atoms with Gasteiger partial charge in [-0.25, -0.2) is 17.5 Å². The van der Waals surface area contributed by atoms with Crippen LogP contribution in [-0.2, 0) is 14.8 Å². The lowest BCUT2D eigenvalue weighted by molar-refractivity contribution is -0.123. The molecule has 2 N–H and O–H groups in total. The van der Waals surface area contributed by atoms with Gasteiger partial charge >= 0.3 is 0 Å². The van der Waals surface area contributed by atoms with Gasteiger partial charge in [0.05, 0.1) is 4.75 Å². The van der Waals surface area contributed by atoms with Gasteiger partial charge in [-0.3, -0.25) is 9.59 Å². The van der Waals surface area contributed by atoms with Crippen molar-refractivity contribution < 1.29 is 27.1 Å². The summed E-state index contributed by atoms with van der Waals surface area (Å²) < 4.78 is 45.3. The molecule has 0 bridgehead atoms. The van der Waals surface area contributed by atoms with Crippen LogP contribution in [0.3, 0.4) is 0 Å². The first-order valence-electron chi connectivity index (χ1n) is 11.4. The third kappa shape index (κ3) is 4.83. The molecule has 0 fully saturated rings. The second-order valence-electron chi connectivity index (χ2n) is 9.56. The lowest BCUT2D eigenvalue weighted by atomic mass is 9.88. The predicted octanol–water partition coefficient (Wildman–Crippen LogP) is 4.31. The number of fused-ring (bicyclic) bond motifs is 1. The quantitative estimate of drug-likeness (QED) is 0.533. The van der Waals surface area contributed by atoms with Gasteiger partial charge in [0, 0.05) is 18.2 Å². The molecule has 0 spiro atoms. The van der Waals surface area contributed by atoms with Gasteiger partial charge in [-0.15, -0.1) is 0 Å². The number of likely N-dealkylation sites (N-methyl/N-ethyl adjacent to an activating group) is 1. The first kappa shape index (κ1) is 25.4. The molecular formula is C27H27FN2O5S. The Balaban J connectivity index is 1.68. The predicted molar refractivity (Wildman–Crippen MR) is 135 cm³/mol. The van der Waals surface area contributed by atoms with Crippen LogP contribution in [0.4, 0.5) is 4.39 Å². The summed E-state index contributed by atoms with van der Waals surface area (Å²) in [4.78, 5) is 25.5. The van der Waals surface area contributed by atoms with Gasteiger partial charge in [0.2, 0.25) is 15.9 Å². The first-order chi connectivity index (χ1) is 16.9. The molecule has 0 saturated carbocycles. The Bertz CT molecular complexity index is 1430. The summed E-state index contributed by atoms with van der Waals surface area (Å²) in [6.07, 6.45) is -0.629. The van der Waals surface area contributed by atoms with Crippen LogP contribution in [0.15, 0.2) is 66.7 Å². The Kier molecular flexibility index (Phi) is 6.62. The smallest absolute Gasteiger partial charge is 0.264 e. The van der Waals surface area contributed by atoms with Gasteiger partial charge in [-0.2, -0.15) is 0 Å². The minimum atomic E-state index is -3.87. The highest BCUT2D eigenvalue weighted by molar-refractivity contribution is 7.91. The van der Waals surface area contributed by atoms with Gasteiger partial charge in [0.25, 0.3) is 5.91 Å². The minimum Gasteiger partial charge on any atom is -0.484 e. The highest BCUT2D eigenvalue weighted by Crippen LogP contribution is 2.47. The van der Waals surface area contributed by atoms with Crippen LogP contribution in [0, 0.1) is 5.82 Å². The molecule has 4 rings (SSSR count). The van der Waals surface area contributed by atoms with E-state index in [-0.39, 0.29) is 17.3 Å². The number of halogens is 1. The van der Waals surface area contributed by atoms with Crippen molar-refractivity contribution in [2.45, 2.75) is 37.5 Å². The fourth-order valence-electron chi connectivity index (χ4n) is 3.97. The van der Waals surface area contributed by atoms with E-state index in [1.165, 1.54) is 39.0 Å². The van der Waals surface area contributed by atoms with E-state index in [1.54, 1.807) is 49.5 Å². The number of hydrogen-bond acceptors (Lipinski definition) is 5. The number of amides is 2. The highest BCUT2D eigenvalue weighted by atomic mass is 32.2. The molecular weight excluding hydrogens is 483 g/mol. The standard InChI is InChI=1S/C27H27FN2O5S/c1-27(2,3)36(33,34)30-25(31)19-7-5-6-17(14-19)18-10-13-22-21(15-18)23(26(32)29-4)24(35-22)16-8-11-20(28)12-9-16/h5-15,23-24H,1-4H3,(H,29,32)(H,30,31). The first-order valence-corrected chi connectivity index (χ1v) is 12.8. The second kappa shape index (κ2) is 9.39. The molecule has 3 aromatic carbocycles. The van der Waals surface area contributed by atoms with E-state index in [1.807, 2.05) is 6.07 Å². The van der Waals surface area contributed by atoms with E-state index in [4.69, 9.17) is 4.74 Å². The average Bonchev–Trinajstić information content (AvgIpc) is 3.22. The van der Waals surface area contributed by atoms with Gasteiger partial charge < -0.3 is 10.1 Å². The molecule has 0 saturated heterocycles. The molecule has 2 atom stereocenters. The lowest BCUT2D eigenvalue weighted by Crippen LogP contribution is -2.42. The van der Waals surface area contributed by atoms with E-state index in [9.17, 15) is 22.4 Å². The monoisotopic (exact) mass is 510 g/mol. The van der Waals surface area contributed by atoms with Crippen LogP contribution in [-0.4, -0.2) is 32.0 Å². The maximum absolute atomic E-state index is 13.5. The molecule has 3 aromatic rings. The van der Waals surface area contributed by atoms with Gasteiger partial charge in [-0.05, 0) is 73.9 Å². The molecule has 1 aliphatic heterocycles. The SMILES string of the molecule is CNC(=O)C1c2cc(-c3cccc(C(=O)NS(=O)(=O)C(C)(C)C)c3)ccc2OC1c1ccc(F)cc1. The zero-order valence-electron chi connectivity index (χ0n) is 20.3. The van der Waals surface area contributed by atoms with Gasteiger partial charge in [-0.1, -0.05) is 30.3 Å². The summed E-state index contributed by atoms with van der Waals surface area (Å²) >= 11 is 0. The summed E-state index contributed by atoms with van der Waals surface area (Å²) in [5.74, 6) is -1.49. The number of benzene rings is 3. The molecule has 0 radical (unpaired) electrons. The second-order valence-corrected chi connectivity index (χ2v) is 12.0. The van der Waals surface area contributed by atoms with Crippen molar-refractivity contribution in [1.29, 1.82) is 0 Å². The van der Waals surface area contributed by atoms with E-state index < -0.39 is 32.7 Å². The molecule has 36 heavy (non-hydrogen) atoms. The minimum absolute atomic E-state index is 0.184.